The van der Waals surface area contributed by atoms with Gasteiger partial charge in [-0.15, -0.1) is 0 Å². The number of nitrogens with one attached hydrogen (secondary N) is 1. The summed E-state index contributed by atoms with van der Waals surface area (Å²) >= 11 is 0. The zero-order valence-corrected chi connectivity index (χ0v) is 11.5. The second kappa shape index (κ2) is 5.93. The molecule has 0 spiro atoms. The van der Waals surface area contributed by atoms with Crippen LogP contribution in [0.2, 0.25) is 0 Å². The Balaban J connectivity index is 2.30. The molecule has 0 amide bonds. The molecule has 0 aliphatic carbocycles. The Kier molecular flexibility index (Phi) is 4.27. The summed E-state index contributed by atoms with van der Waals surface area (Å²) in [6.45, 7) is 2.76. The van der Waals surface area contributed by atoms with Crippen LogP contribution in [0.1, 0.15) is 18.1 Å². The number of methoxy groups -OCH3 is 2. The van der Waals surface area contributed by atoms with Crippen LogP contribution in [0.3, 0.4) is 0 Å². The van der Waals surface area contributed by atoms with Crippen molar-refractivity contribution in [2.24, 2.45) is 0 Å². The predicted octanol–water partition coefficient (Wildman–Crippen LogP) is 1.28. The minimum absolute atomic E-state index is 0.224. The molecule has 1 aliphatic heterocycles. The first-order valence-corrected chi connectivity index (χ1v) is 6.34. The highest BCUT2D eigenvalue weighted by Crippen LogP contribution is 2.33. The summed E-state index contributed by atoms with van der Waals surface area (Å²) in [5.41, 5.74) is 2.06. The van der Waals surface area contributed by atoms with E-state index in [1.165, 1.54) is 0 Å². The van der Waals surface area contributed by atoms with E-state index >= 15 is 0 Å². The fourth-order valence-corrected chi connectivity index (χ4v) is 2.36. The molecule has 0 unspecified atom stereocenters. The summed E-state index contributed by atoms with van der Waals surface area (Å²) in [4.78, 5) is 11.8. The molecule has 1 heterocycles. The molecule has 1 aromatic carbocycles. The van der Waals surface area contributed by atoms with E-state index in [9.17, 15) is 4.79 Å². The highest BCUT2D eigenvalue weighted by atomic mass is 16.5. The van der Waals surface area contributed by atoms with Crippen molar-refractivity contribution >= 4 is 5.97 Å². The van der Waals surface area contributed by atoms with E-state index in [1.54, 1.807) is 21.1 Å². The van der Waals surface area contributed by atoms with Gasteiger partial charge in [0.1, 0.15) is 17.5 Å². The summed E-state index contributed by atoms with van der Waals surface area (Å²) in [5.74, 6) is 1.37. The molecule has 1 atom stereocenters. The lowest BCUT2D eigenvalue weighted by molar-refractivity contribution is -0.145. The van der Waals surface area contributed by atoms with Crippen LogP contribution in [-0.2, 0) is 22.5 Å². The number of hydrogen-bond donors (Lipinski definition) is 1. The van der Waals surface area contributed by atoms with Crippen LogP contribution in [0.25, 0.3) is 0 Å². The summed E-state index contributed by atoms with van der Waals surface area (Å²) in [5, 5.41) is 3.18. The first kappa shape index (κ1) is 13.7. The minimum atomic E-state index is -0.326. The zero-order valence-electron chi connectivity index (χ0n) is 11.5. The van der Waals surface area contributed by atoms with E-state index in [0.29, 0.717) is 19.6 Å². The molecule has 0 radical (unpaired) electrons. The third-order valence-corrected chi connectivity index (χ3v) is 3.29. The predicted molar refractivity (Wildman–Crippen MR) is 70.5 cm³/mol. The van der Waals surface area contributed by atoms with Gasteiger partial charge in [0, 0.05) is 24.1 Å². The van der Waals surface area contributed by atoms with Crippen LogP contribution in [0.15, 0.2) is 12.1 Å². The van der Waals surface area contributed by atoms with E-state index in [1.807, 2.05) is 12.1 Å². The topological polar surface area (TPSA) is 56.8 Å². The molecular formula is C14H19NO4. The third-order valence-electron chi connectivity index (χ3n) is 3.29. The molecule has 0 fully saturated rings. The Morgan fingerprint density at radius 3 is 2.47 bits per heavy atom. The van der Waals surface area contributed by atoms with Crippen LogP contribution >= 0.6 is 0 Å². The van der Waals surface area contributed by atoms with Gasteiger partial charge >= 0.3 is 5.97 Å². The van der Waals surface area contributed by atoms with E-state index in [4.69, 9.17) is 14.2 Å². The van der Waals surface area contributed by atoms with Gasteiger partial charge in [0.05, 0.1) is 20.8 Å². The van der Waals surface area contributed by atoms with Gasteiger partial charge in [0.2, 0.25) is 0 Å². The zero-order chi connectivity index (χ0) is 13.8. The molecular weight excluding hydrogens is 246 g/mol. The molecule has 5 nitrogen and oxygen atoms in total. The van der Waals surface area contributed by atoms with Crippen molar-refractivity contribution in [2.45, 2.75) is 25.9 Å². The van der Waals surface area contributed by atoms with Gasteiger partial charge in [-0.3, -0.25) is 10.1 Å². The van der Waals surface area contributed by atoms with Crippen LogP contribution in [-0.4, -0.2) is 32.8 Å². The highest BCUT2D eigenvalue weighted by molar-refractivity contribution is 5.77. The Labute approximate surface area is 112 Å². The number of benzene rings is 1. The van der Waals surface area contributed by atoms with Gasteiger partial charge in [-0.1, -0.05) is 0 Å². The summed E-state index contributed by atoms with van der Waals surface area (Å²) in [6.07, 6.45) is 0.550. The largest absolute Gasteiger partial charge is 0.496 e. The Morgan fingerprint density at radius 2 is 1.89 bits per heavy atom. The third kappa shape index (κ3) is 2.66. The van der Waals surface area contributed by atoms with Crippen molar-refractivity contribution < 1.29 is 19.0 Å². The van der Waals surface area contributed by atoms with Gasteiger partial charge in [0.15, 0.2) is 0 Å². The molecule has 19 heavy (non-hydrogen) atoms. The molecule has 0 saturated heterocycles. The lowest BCUT2D eigenvalue weighted by Crippen LogP contribution is -2.43. The molecule has 1 aliphatic rings. The minimum Gasteiger partial charge on any atom is -0.496 e. The maximum absolute atomic E-state index is 11.8. The maximum Gasteiger partial charge on any atom is 0.323 e. The average molecular weight is 265 g/mol. The van der Waals surface area contributed by atoms with E-state index in [-0.39, 0.29) is 12.0 Å². The summed E-state index contributed by atoms with van der Waals surface area (Å²) in [7, 11) is 3.27. The Hall–Kier alpha value is -1.75. The smallest absolute Gasteiger partial charge is 0.323 e. The molecule has 5 heteroatoms. The number of esters is 1. The second-order valence-corrected chi connectivity index (χ2v) is 4.32. The van der Waals surface area contributed by atoms with E-state index in [0.717, 1.165) is 22.6 Å². The fraction of sp³-hybridized carbons (Fsp3) is 0.500. The number of hydrogen-bond acceptors (Lipinski definition) is 5. The quantitative estimate of drug-likeness (QED) is 0.831. The van der Waals surface area contributed by atoms with Crippen LogP contribution in [0, 0.1) is 0 Å². The average Bonchev–Trinajstić information content (AvgIpc) is 2.45. The van der Waals surface area contributed by atoms with Gasteiger partial charge in [-0.25, -0.2) is 0 Å². The van der Waals surface area contributed by atoms with Crippen molar-refractivity contribution in [3.8, 4) is 11.5 Å². The van der Waals surface area contributed by atoms with Crippen LogP contribution < -0.4 is 14.8 Å². The lowest BCUT2D eigenvalue weighted by atomic mass is 9.94. The Morgan fingerprint density at radius 1 is 1.26 bits per heavy atom. The highest BCUT2D eigenvalue weighted by Gasteiger charge is 2.29. The molecule has 0 aromatic heterocycles. The van der Waals surface area contributed by atoms with Gasteiger partial charge < -0.3 is 14.2 Å². The molecule has 0 bridgehead atoms. The normalized spacial score (nSPS) is 17.5. The van der Waals surface area contributed by atoms with Crippen LogP contribution in [0.5, 0.6) is 11.5 Å². The second-order valence-electron chi connectivity index (χ2n) is 4.32. The van der Waals surface area contributed by atoms with Crippen molar-refractivity contribution in [1.82, 2.24) is 5.32 Å². The number of carbonyl (C=O) groups excluding carboxylic acids is 1. The van der Waals surface area contributed by atoms with Crippen molar-refractivity contribution in [2.75, 3.05) is 20.8 Å². The summed E-state index contributed by atoms with van der Waals surface area (Å²) < 4.78 is 15.8. The molecule has 104 valence electrons. The summed E-state index contributed by atoms with van der Waals surface area (Å²) in [6, 6.07) is 3.42. The van der Waals surface area contributed by atoms with Crippen molar-refractivity contribution in [3.63, 3.8) is 0 Å². The lowest BCUT2D eigenvalue weighted by Gasteiger charge is -2.27. The number of carbonyl (C=O) groups is 1. The number of fused-ring (bicyclic) bond motifs is 1. The SMILES string of the molecule is CCOC(=O)[C@@H]1Cc2c(OC)ccc(OC)c2CN1. The van der Waals surface area contributed by atoms with E-state index < -0.39 is 0 Å². The first-order valence-electron chi connectivity index (χ1n) is 6.34. The first-order chi connectivity index (χ1) is 9.21. The molecule has 1 N–H and O–H groups in total. The maximum atomic E-state index is 11.8. The van der Waals surface area contributed by atoms with Gasteiger partial charge in [-0.05, 0) is 19.1 Å². The number of rotatable bonds is 4. The monoisotopic (exact) mass is 265 g/mol. The fourth-order valence-electron chi connectivity index (χ4n) is 2.36. The number of ether oxygens (including phenoxy) is 3. The standard InChI is InChI=1S/C14H19NO4/c1-4-19-14(16)11-7-9-10(8-15-11)13(18-3)6-5-12(9)17-2/h5-6,11,15H,4,7-8H2,1-3H3/t11-/m0/s1. The van der Waals surface area contributed by atoms with E-state index in [2.05, 4.69) is 5.32 Å². The molecule has 2 rings (SSSR count). The Bertz CT molecular complexity index is 473. The molecule has 0 saturated carbocycles. The van der Waals surface area contributed by atoms with Gasteiger partial charge in [0.25, 0.3) is 0 Å². The molecule has 1 aromatic rings. The van der Waals surface area contributed by atoms with Crippen LogP contribution in [0.4, 0.5) is 0 Å². The van der Waals surface area contributed by atoms with Crippen molar-refractivity contribution in [1.29, 1.82) is 0 Å². The van der Waals surface area contributed by atoms with Gasteiger partial charge in [-0.2, -0.15) is 0 Å². The van der Waals surface area contributed by atoms with Crippen molar-refractivity contribution in [3.05, 3.63) is 23.3 Å².